The first-order chi connectivity index (χ1) is 15.7. The molecule has 0 aliphatic rings. The predicted molar refractivity (Wildman–Crippen MR) is 129 cm³/mol. The highest BCUT2D eigenvalue weighted by molar-refractivity contribution is 7.13. The van der Waals surface area contributed by atoms with E-state index in [1.165, 1.54) is 40.5 Å². The third-order valence-corrected chi connectivity index (χ3v) is 5.58. The molecule has 0 aliphatic carbocycles. The van der Waals surface area contributed by atoms with Gasteiger partial charge >= 0.3 is 0 Å². The Kier molecular flexibility index (Phi) is 10.4. The van der Waals surface area contributed by atoms with Crippen LogP contribution in [-0.2, 0) is 16.0 Å². The second-order valence-electron chi connectivity index (χ2n) is 8.34. The molecule has 0 bridgehead atoms. The van der Waals surface area contributed by atoms with Crippen molar-refractivity contribution in [2.45, 2.75) is 47.0 Å². The van der Waals surface area contributed by atoms with Crippen molar-refractivity contribution >= 4 is 34.2 Å². The van der Waals surface area contributed by atoms with Crippen LogP contribution in [0.1, 0.15) is 56.6 Å². The summed E-state index contributed by atoms with van der Waals surface area (Å²) < 4.78 is 13.2. The predicted octanol–water partition coefficient (Wildman–Crippen LogP) is 4.21. The number of hydrogen-bond donors (Lipinski definition) is 1. The number of halogens is 1. The van der Waals surface area contributed by atoms with E-state index in [9.17, 15) is 18.8 Å². The van der Waals surface area contributed by atoms with Crippen molar-refractivity contribution in [2.24, 2.45) is 5.92 Å². The van der Waals surface area contributed by atoms with Gasteiger partial charge in [0.15, 0.2) is 5.13 Å². The van der Waals surface area contributed by atoms with Crippen molar-refractivity contribution in [1.82, 2.24) is 14.8 Å². The molecule has 0 unspecified atom stereocenters. The van der Waals surface area contributed by atoms with E-state index < -0.39 is 5.82 Å². The number of thiazole rings is 1. The lowest BCUT2D eigenvalue weighted by molar-refractivity contribution is -0.130. The maximum Gasteiger partial charge on any atom is 0.254 e. The lowest BCUT2D eigenvalue weighted by Crippen LogP contribution is -2.40. The standard InChI is InChI=1S/C24H33FN4O3S/c1-5-11-28(12-6-2)22(31)13-20-16-33-24(26-20)27-21(30)15-29(14-17(3)4)23(32)18-7-9-19(25)10-8-18/h7-10,16-17H,5-6,11-15H2,1-4H3,(H,26,27,30). The van der Waals surface area contributed by atoms with E-state index in [1.807, 2.05) is 32.6 Å². The van der Waals surface area contributed by atoms with Crippen LogP contribution < -0.4 is 5.32 Å². The highest BCUT2D eigenvalue weighted by Crippen LogP contribution is 2.17. The van der Waals surface area contributed by atoms with Crippen molar-refractivity contribution in [3.05, 3.63) is 46.7 Å². The van der Waals surface area contributed by atoms with E-state index in [-0.39, 0.29) is 36.6 Å². The average molecular weight is 477 g/mol. The molecule has 0 fully saturated rings. The molecular formula is C24H33FN4O3S. The highest BCUT2D eigenvalue weighted by atomic mass is 32.1. The molecule has 33 heavy (non-hydrogen) atoms. The molecule has 0 saturated heterocycles. The van der Waals surface area contributed by atoms with Crippen molar-refractivity contribution in [3.63, 3.8) is 0 Å². The fourth-order valence-corrected chi connectivity index (χ4v) is 4.11. The maximum absolute atomic E-state index is 13.2. The normalized spacial score (nSPS) is 10.8. The Morgan fingerprint density at radius 2 is 1.70 bits per heavy atom. The number of rotatable bonds is 12. The van der Waals surface area contributed by atoms with Gasteiger partial charge in [-0.2, -0.15) is 0 Å². The van der Waals surface area contributed by atoms with E-state index in [2.05, 4.69) is 10.3 Å². The Hall–Kier alpha value is -2.81. The minimum atomic E-state index is -0.426. The van der Waals surface area contributed by atoms with Gasteiger partial charge in [-0.3, -0.25) is 14.4 Å². The molecule has 0 radical (unpaired) electrons. The molecular weight excluding hydrogens is 443 g/mol. The molecule has 1 N–H and O–H groups in total. The smallest absolute Gasteiger partial charge is 0.254 e. The molecule has 0 saturated carbocycles. The van der Waals surface area contributed by atoms with Crippen LogP contribution in [0.2, 0.25) is 0 Å². The van der Waals surface area contributed by atoms with Gasteiger partial charge in [0, 0.05) is 30.6 Å². The fraction of sp³-hybridized carbons (Fsp3) is 0.500. The number of aromatic nitrogens is 1. The van der Waals surface area contributed by atoms with Crippen LogP contribution in [0.25, 0.3) is 0 Å². The first-order valence-corrected chi connectivity index (χ1v) is 12.2. The number of amides is 3. The van der Waals surface area contributed by atoms with Crippen LogP contribution in [0.5, 0.6) is 0 Å². The number of carbonyl (C=O) groups is 3. The van der Waals surface area contributed by atoms with Gasteiger partial charge in [-0.25, -0.2) is 9.37 Å². The monoisotopic (exact) mass is 476 g/mol. The molecule has 0 spiro atoms. The summed E-state index contributed by atoms with van der Waals surface area (Å²) in [5.74, 6) is -0.970. The van der Waals surface area contributed by atoms with Gasteiger partial charge in [0.25, 0.3) is 5.91 Å². The molecule has 1 aromatic carbocycles. The molecule has 9 heteroatoms. The van der Waals surface area contributed by atoms with Crippen LogP contribution in [0.3, 0.4) is 0 Å². The molecule has 1 aromatic heterocycles. The molecule has 0 atom stereocenters. The van der Waals surface area contributed by atoms with Gasteiger partial charge in [0.1, 0.15) is 12.4 Å². The van der Waals surface area contributed by atoms with Crippen LogP contribution in [0.15, 0.2) is 29.6 Å². The van der Waals surface area contributed by atoms with Gasteiger partial charge in [-0.1, -0.05) is 27.7 Å². The Morgan fingerprint density at radius 1 is 1.06 bits per heavy atom. The quantitative estimate of drug-likeness (QED) is 0.498. The van der Waals surface area contributed by atoms with E-state index >= 15 is 0 Å². The van der Waals surface area contributed by atoms with Crippen molar-refractivity contribution < 1.29 is 18.8 Å². The Bertz CT molecular complexity index is 924. The zero-order chi connectivity index (χ0) is 24.4. The molecule has 7 nitrogen and oxygen atoms in total. The van der Waals surface area contributed by atoms with Gasteiger partial charge in [-0.05, 0) is 43.0 Å². The lowest BCUT2D eigenvalue weighted by Gasteiger charge is -2.24. The van der Waals surface area contributed by atoms with E-state index in [1.54, 1.807) is 5.38 Å². The largest absolute Gasteiger partial charge is 0.342 e. The summed E-state index contributed by atoms with van der Waals surface area (Å²) >= 11 is 1.25. The van der Waals surface area contributed by atoms with Crippen molar-refractivity contribution in [1.29, 1.82) is 0 Å². The fourth-order valence-electron chi connectivity index (χ4n) is 3.38. The summed E-state index contributed by atoms with van der Waals surface area (Å²) in [6, 6.07) is 5.27. The first kappa shape index (κ1) is 26.4. The lowest BCUT2D eigenvalue weighted by atomic mass is 10.1. The van der Waals surface area contributed by atoms with Crippen LogP contribution >= 0.6 is 11.3 Å². The number of nitrogens with zero attached hydrogens (tertiary/aromatic N) is 3. The summed E-state index contributed by atoms with van der Waals surface area (Å²) in [5, 5.41) is 4.88. The van der Waals surface area contributed by atoms with Gasteiger partial charge in [0.05, 0.1) is 12.1 Å². The first-order valence-electron chi connectivity index (χ1n) is 11.3. The zero-order valence-corrected chi connectivity index (χ0v) is 20.6. The number of anilines is 1. The van der Waals surface area contributed by atoms with Crippen LogP contribution in [0, 0.1) is 11.7 Å². The molecule has 180 valence electrons. The SMILES string of the molecule is CCCN(CCC)C(=O)Cc1csc(NC(=O)CN(CC(C)C)C(=O)c2ccc(F)cc2)n1. The van der Waals surface area contributed by atoms with Crippen molar-refractivity contribution in [2.75, 3.05) is 31.5 Å². The second-order valence-corrected chi connectivity index (χ2v) is 9.19. The van der Waals surface area contributed by atoms with Gasteiger partial charge < -0.3 is 15.1 Å². The maximum atomic E-state index is 13.2. The highest BCUT2D eigenvalue weighted by Gasteiger charge is 2.21. The Labute approximate surface area is 199 Å². The number of benzene rings is 1. The molecule has 3 amide bonds. The van der Waals surface area contributed by atoms with E-state index in [4.69, 9.17) is 0 Å². The van der Waals surface area contributed by atoms with Gasteiger partial charge in [-0.15, -0.1) is 11.3 Å². The zero-order valence-electron chi connectivity index (χ0n) is 19.8. The number of carbonyl (C=O) groups excluding carboxylic acids is 3. The summed E-state index contributed by atoms with van der Waals surface area (Å²) in [5.41, 5.74) is 0.933. The summed E-state index contributed by atoms with van der Waals surface area (Å²) in [6.45, 7) is 9.64. The minimum Gasteiger partial charge on any atom is -0.342 e. The topological polar surface area (TPSA) is 82.6 Å². The second kappa shape index (κ2) is 13.0. The number of hydrogen-bond acceptors (Lipinski definition) is 5. The van der Waals surface area contributed by atoms with Crippen LogP contribution in [-0.4, -0.2) is 58.7 Å². The van der Waals surface area contributed by atoms with Crippen LogP contribution in [0.4, 0.5) is 9.52 Å². The molecule has 2 rings (SSSR count). The Balaban J connectivity index is 2.00. The van der Waals surface area contributed by atoms with Gasteiger partial charge in [0.2, 0.25) is 11.8 Å². The van der Waals surface area contributed by atoms with E-state index in [0.29, 0.717) is 36.0 Å². The molecule has 0 aliphatic heterocycles. The third kappa shape index (κ3) is 8.57. The third-order valence-electron chi connectivity index (χ3n) is 4.77. The molecule has 2 aromatic rings. The minimum absolute atomic E-state index is 0.0230. The summed E-state index contributed by atoms with van der Waals surface area (Å²) in [7, 11) is 0. The van der Waals surface area contributed by atoms with Crippen molar-refractivity contribution in [3.8, 4) is 0 Å². The molecule has 1 heterocycles. The number of nitrogens with one attached hydrogen (secondary N) is 1. The van der Waals surface area contributed by atoms with E-state index in [0.717, 1.165) is 12.8 Å². The average Bonchev–Trinajstić information content (AvgIpc) is 3.19. The summed E-state index contributed by atoms with van der Waals surface area (Å²) in [4.78, 5) is 45.7. The Morgan fingerprint density at radius 3 is 2.27 bits per heavy atom. The summed E-state index contributed by atoms with van der Waals surface area (Å²) in [6.07, 6.45) is 1.98.